The number of hydrogen-bond acceptors (Lipinski definition) is 3. The summed E-state index contributed by atoms with van der Waals surface area (Å²) in [5, 5.41) is 7.83. The zero-order valence-electron chi connectivity index (χ0n) is 12.1. The standard InChI is InChI=1S/C15H22BrN3O/c1-9(2)8-19-15(20)14(16)13(7-17-19)18-12-6-10-3-4-11(12)5-10/h7,9-12,18H,3-6,8H2,1-2H3. The van der Waals surface area contributed by atoms with Crippen molar-refractivity contribution in [2.75, 3.05) is 5.32 Å². The summed E-state index contributed by atoms with van der Waals surface area (Å²) in [6, 6.07) is 0.521. The van der Waals surface area contributed by atoms with Crippen LogP contribution < -0.4 is 10.9 Å². The van der Waals surface area contributed by atoms with Crippen molar-refractivity contribution in [3.05, 3.63) is 21.0 Å². The van der Waals surface area contributed by atoms with E-state index in [1.54, 1.807) is 10.9 Å². The highest BCUT2D eigenvalue weighted by molar-refractivity contribution is 9.10. The van der Waals surface area contributed by atoms with Crippen LogP contribution in [0, 0.1) is 17.8 Å². The van der Waals surface area contributed by atoms with Gasteiger partial charge in [0.05, 0.1) is 11.9 Å². The molecule has 0 radical (unpaired) electrons. The molecule has 0 amide bonds. The third kappa shape index (κ3) is 2.65. The molecule has 0 spiro atoms. The summed E-state index contributed by atoms with van der Waals surface area (Å²) >= 11 is 3.45. The maximum atomic E-state index is 12.3. The van der Waals surface area contributed by atoms with Gasteiger partial charge in [0.15, 0.2) is 0 Å². The molecule has 2 fully saturated rings. The van der Waals surface area contributed by atoms with Crippen LogP contribution in [0.3, 0.4) is 0 Å². The summed E-state index contributed by atoms with van der Waals surface area (Å²) in [6.45, 7) is 4.83. The first kappa shape index (κ1) is 14.1. The Labute approximate surface area is 128 Å². The van der Waals surface area contributed by atoms with E-state index < -0.39 is 0 Å². The summed E-state index contributed by atoms with van der Waals surface area (Å²) in [7, 11) is 0. The molecule has 1 aromatic heterocycles. The Morgan fingerprint density at radius 3 is 2.85 bits per heavy atom. The average molecular weight is 340 g/mol. The molecule has 4 nitrogen and oxygen atoms in total. The van der Waals surface area contributed by atoms with E-state index in [0.29, 0.717) is 23.0 Å². The summed E-state index contributed by atoms with van der Waals surface area (Å²) in [4.78, 5) is 12.3. The van der Waals surface area contributed by atoms with Crippen LogP contribution in [0.25, 0.3) is 0 Å². The lowest BCUT2D eigenvalue weighted by Gasteiger charge is -2.24. The number of anilines is 1. The molecule has 2 saturated carbocycles. The van der Waals surface area contributed by atoms with Gasteiger partial charge in [0.2, 0.25) is 0 Å². The normalized spacial score (nSPS) is 28.3. The first-order valence-electron chi connectivity index (χ1n) is 7.56. The number of aromatic nitrogens is 2. The van der Waals surface area contributed by atoms with Crippen LogP contribution in [0.1, 0.15) is 39.5 Å². The molecule has 2 aliphatic rings. The van der Waals surface area contributed by atoms with Crippen molar-refractivity contribution in [3.63, 3.8) is 0 Å². The predicted molar refractivity (Wildman–Crippen MR) is 83.9 cm³/mol. The number of rotatable bonds is 4. The molecule has 2 bridgehead atoms. The van der Waals surface area contributed by atoms with Gasteiger partial charge in [0, 0.05) is 12.6 Å². The highest BCUT2D eigenvalue weighted by atomic mass is 79.9. The third-order valence-electron chi connectivity index (χ3n) is 4.60. The molecule has 3 rings (SSSR count). The number of hydrogen-bond donors (Lipinski definition) is 1. The van der Waals surface area contributed by atoms with E-state index in [1.807, 2.05) is 0 Å². The zero-order chi connectivity index (χ0) is 14.3. The van der Waals surface area contributed by atoms with E-state index in [-0.39, 0.29) is 5.56 Å². The van der Waals surface area contributed by atoms with Crippen LogP contribution in [0.4, 0.5) is 5.69 Å². The third-order valence-corrected chi connectivity index (χ3v) is 5.37. The topological polar surface area (TPSA) is 46.9 Å². The minimum Gasteiger partial charge on any atom is -0.380 e. The molecule has 1 heterocycles. The van der Waals surface area contributed by atoms with Crippen LogP contribution in [-0.2, 0) is 6.54 Å². The van der Waals surface area contributed by atoms with Crippen LogP contribution in [-0.4, -0.2) is 15.8 Å². The number of fused-ring (bicyclic) bond motifs is 2. The van der Waals surface area contributed by atoms with Crippen LogP contribution >= 0.6 is 15.9 Å². The van der Waals surface area contributed by atoms with Gasteiger partial charge < -0.3 is 5.32 Å². The van der Waals surface area contributed by atoms with Gasteiger partial charge in [-0.15, -0.1) is 0 Å². The minimum absolute atomic E-state index is 0.0353. The second-order valence-corrected chi connectivity index (χ2v) is 7.47. The molecule has 20 heavy (non-hydrogen) atoms. The van der Waals surface area contributed by atoms with Gasteiger partial charge in [0.1, 0.15) is 4.47 Å². The molecular formula is C15H22BrN3O. The number of halogens is 1. The smallest absolute Gasteiger partial charge is 0.283 e. The van der Waals surface area contributed by atoms with Crippen LogP contribution in [0.2, 0.25) is 0 Å². The predicted octanol–water partition coefficient (Wildman–Crippen LogP) is 3.26. The van der Waals surface area contributed by atoms with Crippen molar-refractivity contribution in [1.29, 1.82) is 0 Å². The van der Waals surface area contributed by atoms with E-state index in [9.17, 15) is 4.79 Å². The van der Waals surface area contributed by atoms with E-state index in [2.05, 4.69) is 40.2 Å². The number of nitrogens with one attached hydrogen (secondary N) is 1. The summed E-state index contributed by atoms with van der Waals surface area (Å²) in [5.41, 5.74) is 0.819. The van der Waals surface area contributed by atoms with E-state index in [1.165, 1.54) is 25.7 Å². The maximum absolute atomic E-state index is 12.3. The Morgan fingerprint density at radius 1 is 1.45 bits per heavy atom. The Morgan fingerprint density at radius 2 is 2.25 bits per heavy atom. The largest absolute Gasteiger partial charge is 0.380 e. The zero-order valence-corrected chi connectivity index (χ0v) is 13.7. The molecule has 3 unspecified atom stereocenters. The molecule has 2 aliphatic carbocycles. The Bertz CT molecular complexity index is 555. The van der Waals surface area contributed by atoms with E-state index >= 15 is 0 Å². The van der Waals surface area contributed by atoms with Gasteiger partial charge in [0.25, 0.3) is 5.56 Å². The van der Waals surface area contributed by atoms with Gasteiger partial charge in [-0.1, -0.05) is 20.3 Å². The molecule has 0 aromatic carbocycles. The van der Waals surface area contributed by atoms with E-state index in [4.69, 9.17) is 0 Å². The molecule has 110 valence electrons. The van der Waals surface area contributed by atoms with Crippen molar-refractivity contribution in [2.45, 2.75) is 52.1 Å². The van der Waals surface area contributed by atoms with Crippen molar-refractivity contribution in [1.82, 2.24) is 9.78 Å². The lowest BCUT2D eigenvalue weighted by atomic mass is 9.95. The van der Waals surface area contributed by atoms with Gasteiger partial charge >= 0.3 is 0 Å². The summed E-state index contributed by atoms with van der Waals surface area (Å²) in [6.07, 6.45) is 7.11. The number of nitrogens with zero attached hydrogens (tertiary/aromatic N) is 2. The first-order chi connectivity index (χ1) is 9.54. The minimum atomic E-state index is -0.0353. The molecule has 3 atom stereocenters. The van der Waals surface area contributed by atoms with Gasteiger partial charge in [-0.05, 0) is 52.9 Å². The van der Waals surface area contributed by atoms with Crippen LogP contribution in [0.15, 0.2) is 15.5 Å². The van der Waals surface area contributed by atoms with Crippen molar-refractivity contribution in [3.8, 4) is 0 Å². The highest BCUT2D eigenvalue weighted by Crippen LogP contribution is 2.45. The lowest BCUT2D eigenvalue weighted by Crippen LogP contribution is -2.30. The SMILES string of the molecule is CC(C)Cn1ncc(NC2CC3CCC2C3)c(Br)c1=O. The molecule has 0 aliphatic heterocycles. The fourth-order valence-electron chi connectivity index (χ4n) is 3.66. The van der Waals surface area contributed by atoms with Gasteiger partial charge in [-0.25, -0.2) is 4.68 Å². The maximum Gasteiger partial charge on any atom is 0.283 e. The molecule has 1 aromatic rings. The van der Waals surface area contributed by atoms with Crippen molar-refractivity contribution in [2.24, 2.45) is 17.8 Å². The monoisotopic (exact) mass is 339 g/mol. The van der Waals surface area contributed by atoms with Gasteiger partial charge in [-0.2, -0.15) is 5.10 Å². The van der Waals surface area contributed by atoms with Gasteiger partial charge in [-0.3, -0.25) is 4.79 Å². The first-order valence-corrected chi connectivity index (χ1v) is 8.36. The lowest BCUT2D eigenvalue weighted by molar-refractivity contribution is 0.437. The Hall–Kier alpha value is -0.840. The summed E-state index contributed by atoms with van der Waals surface area (Å²) < 4.78 is 2.16. The second-order valence-electron chi connectivity index (χ2n) is 6.68. The van der Waals surface area contributed by atoms with Crippen molar-refractivity contribution >= 4 is 21.6 Å². The molecule has 1 N–H and O–H groups in total. The Balaban J connectivity index is 1.77. The summed E-state index contributed by atoms with van der Waals surface area (Å²) in [5.74, 6) is 2.09. The second kappa shape index (κ2) is 5.51. The quantitative estimate of drug-likeness (QED) is 0.915. The molecular weight excluding hydrogens is 318 g/mol. The van der Waals surface area contributed by atoms with Crippen molar-refractivity contribution < 1.29 is 0 Å². The van der Waals surface area contributed by atoms with E-state index in [0.717, 1.165) is 17.5 Å². The fourth-order valence-corrected chi connectivity index (χ4v) is 4.08. The highest BCUT2D eigenvalue weighted by Gasteiger charge is 2.39. The Kier molecular flexibility index (Phi) is 3.89. The van der Waals surface area contributed by atoms with Crippen LogP contribution in [0.5, 0.6) is 0 Å². The average Bonchev–Trinajstić information content (AvgIpc) is 3.00. The molecule has 0 saturated heterocycles. The fraction of sp³-hybridized carbons (Fsp3) is 0.733. The molecule has 5 heteroatoms.